The number of alkyl halides is 3. The van der Waals surface area contributed by atoms with E-state index in [-0.39, 0.29) is 18.6 Å². The van der Waals surface area contributed by atoms with Crippen LogP contribution in [0.3, 0.4) is 0 Å². The van der Waals surface area contributed by atoms with E-state index < -0.39 is 34.0 Å². The number of halogens is 4. The standard InChI is InChI=1S/C14H17F4NO2S/c15-12-6-4-10(5-7-12)9-22(20,21)19-13-3-1-2-11(8-13)14(16,17)18/h4-7,11,13,19H,1-3,8-9H2/t11-,13-/m1/s1. The minimum absolute atomic E-state index is 0.0414. The Morgan fingerprint density at radius 3 is 2.36 bits per heavy atom. The second-order valence-corrected chi connectivity index (χ2v) is 7.36. The topological polar surface area (TPSA) is 46.2 Å². The summed E-state index contributed by atoms with van der Waals surface area (Å²) in [5, 5.41) is 0. The molecule has 1 saturated carbocycles. The second-order valence-electron chi connectivity index (χ2n) is 5.61. The van der Waals surface area contributed by atoms with Crippen molar-refractivity contribution in [1.29, 1.82) is 0 Å². The summed E-state index contributed by atoms with van der Waals surface area (Å²) < 4.78 is 77.3. The van der Waals surface area contributed by atoms with Crippen molar-refractivity contribution in [3.05, 3.63) is 35.6 Å². The number of benzene rings is 1. The molecule has 0 aliphatic heterocycles. The van der Waals surface area contributed by atoms with Gasteiger partial charge in [0.25, 0.3) is 0 Å². The molecule has 0 amide bonds. The van der Waals surface area contributed by atoms with Crippen LogP contribution in [0.5, 0.6) is 0 Å². The van der Waals surface area contributed by atoms with Crippen LogP contribution in [0.1, 0.15) is 31.2 Å². The number of nitrogens with one attached hydrogen (secondary N) is 1. The number of rotatable bonds is 4. The zero-order chi connectivity index (χ0) is 16.4. The van der Waals surface area contributed by atoms with E-state index in [1.807, 2.05) is 0 Å². The minimum Gasteiger partial charge on any atom is -0.212 e. The Balaban J connectivity index is 1.98. The Morgan fingerprint density at radius 2 is 1.77 bits per heavy atom. The molecule has 1 N–H and O–H groups in total. The first kappa shape index (κ1) is 17.2. The molecule has 2 rings (SSSR count). The van der Waals surface area contributed by atoms with Crippen LogP contribution in [0, 0.1) is 11.7 Å². The number of sulfonamides is 1. The predicted octanol–water partition coefficient (Wildman–Crippen LogP) is 3.37. The van der Waals surface area contributed by atoms with Crippen molar-refractivity contribution >= 4 is 10.0 Å². The molecule has 124 valence electrons. The summed E-state index contributed by atoms with van der Waals surface area (Å²) in [6, 6.07) is 4.27. The summed E-state index contributed by atoms with van der Waals surface area (Å²) in [5.74, 6) is -2.31. The lowest BCUT2D eigenvalue weighted by molar-refractivity contribution is -0.183. The smallest absolute Gasteiger partial charge is 0.212 e. The highest BCUT2D eigenvalue weighted by Gasteiger charge is 2.42. The fourth-order valence-electron chi connectivity index (χ4n) is 2.69. The third-order valence-electron chi connectivity index (χ3n) is 3.75. The third kappa shape index (κ3) is 4.95. The maximum absolute atomic E-state index is 12.8. The molecule has 22 heavy (non-hydrogen) atoms. The van der Waals surface area contributed by atoms with Crippen molar-refractivity contribution in [3.63, 3.8) is 0 Å². The number of hydrogen-bond donors (Lipinski definition) is 1. The third-order valence-corrected chi connectivity index (χ3v) is 5.16. The van der Waals surface area contributed by atoms with E-state index in [0.29, 0.717) is 18.4 Å². The first-order valence-electron chi connectivity index (χ1n) is 6.97. The molecule has 1 aliphatic carbocycles. The lowest BCUT2D eigenvalue weighted by Gasteiger charge is -2.30. The Bertz CT molecular complexity index is 598. The summed E-state index contributed by atoms with van der Waals surface area (Å²) in [5.41, 5.74) is 0.386. The van der Waals surface area contributed by atoms with Crippen LogP contribution in [0.25, 0.3) is 0 Å². The van der Waals surface area contributed by atoms with Gasteiger partial charge in [0.2, 0.25) is 10.0 Å². The normalized spacial score (nSPS) is 23.5. The molecule has 1 aromatic carbocycles. The molecule has 3 nitrogen and oxygen atoms in total. The molecule has 0 radical (unpaired) electrons. The molecule has 1 aliphatic rings. The van der Waals surface area contributed by atoms with Crippen LogP contribution in [-0.4, -0.2) is 20.6 Å². The quantitative estimate of drug-likeness (QED) is 0.855. The molecule has 0 saturated heterocycles. The zero-order valence-electron chi connectivity index (χ0n) is 11.7. The average Bonchev–Trinajstić information content (AvgIpc) is 2.40. The van der Waals surface area contributed by atoms with Crippen molar-refractivity contribution in [2.75, 3.05) is 0 Å². The van der Waals surface area contributed by atoms with Gasteiger partial charge in [-0.15, -0.1) is 0 Å². The fraction of sp³-hybridized carbons (Fsp3) is 0.571. The Morgan fingerprint density at radius 1 is 1.14 bits per heavy atom. The predicted molar refractivity (Wildman–Crippen MR) is 74.0 cm³/mol. The van der Waals surface area contributed by atoms with Gasteiger partial charge < -0.3 is 0 Å². The fourth-order valence-corrected chi connectivity index (χ4v) is 4.13. The summed E-state index contributed by atoms with van der Waals surface area (Å²) in [4.78, 5) is 0. The lowest BCUT2D eigenvalue weighted by Crippen LogP contribution is -2.41. The van der Waals surface area contributed by atoms with Gasteiger partial charge in [0, 0.05) is 6.04 Å². The molecule has 0 unspecified atom stereocenters. The highest BCUT2D eigenvalue weighted by Crippen LogP contribution is 2.37. The van der Waals surface area contributed by atoms with Crippen molar-refractivity contribution < 1.29 is 26.0 Å². The van der Waals surface area contributed by atoms with Crippen LogP contribution in [-0.2, 0) is 15.8 Å². The lowest BCUT2D eigenvalue weighted by atomic mass is 9.86. The minimum atomic E-state index is -4.29. The van der Waals surface area contributed by atoms with E-state index in [0.717, 1.165) is 12.1 Å². The Labute approximate surface area is 126 Å². The van der Waals surface area contributed by atoms with Crippen LogP contribution in [0.15, 0.2) is 24.3 Å². The van der Waals surface area contributed by atoms with Crippen LogP contribution in [0.2, 0.25) is 0 Å². The van der Waals surface area contributed by atoms with Crippen molar-refractivity contribution in [2.24, 2.45) is 5.92 Å². The van der Waals surface area contributed by atoms with Gasteiger partial charge in [0.15, 0.2) is 0 Å². The van der Waals surface area contributed by atoms with E-state index >= 15 is 0 Å². The molecule has 0 aromatic heterocycles. The first-order chi connectivity index (χ1) is 10.2. The maximum atomic E-state index is 12.8. The molecule has 0 bridgehead atoms. The monoisotopic (exact) mass is 339 g/mol. The Kier molecular flexibility index (Phi) is 5.11. The number of hydrogen-bond acceptors (Lipinski definition) is 2. The Hall–Kier alpha value is -1.15. The summed E-state index contributed by atoms with van der Waals surface area (Å²) >= 11 is 0. The van der Waals surface area contributed by atoms with E-state index in [4.69, 9.17) is 0 Å². The van der Waals surface area contributed by atoms with Gasteiger partial charge in [0.05, 0.1) is 11.7 Å². The molecular formula is C14H17F4NO2S. The van der Waals surface area contributed by atoms with Crippen LogP contribution < -0.4 is 4.72 Å². The van der Waals surface area contributed by atoms with Crippen molar-refractivity contribution in [3.8, 4) is 0 Å². The largest absolute Gasteiger partial charge is 0.391 e. The van der Waals surface area contributed by atoms with E-state index in [1.54, 1.807) is 0 Å². The van der Waals surface area contributed by atoms with Gasteiger partial charge in [-0.05, 0) is 37.0 Å². The zero-order valence-corrected chi connectivity index (χ0v) is 12.6. The molecule has 8 heteroatoms. The average molecular weight is 339 g/mol. The van der Waals surface area contributed by atoms with Gasteiger partial charge in [-0.3, -0.25) is 0 Å². The van der Waals surface area contributed by atoms with Crippen molar-refractivity contribution in [1.82, 2.24) is 4.72 Å². The van der Waals surface area contributed by atoms with E-state index in [2.05, 4.69) is 4.72 Å². The van der Waals surface area contributed by atoms with Gasteiger partial charge in [-0.25, -0.2) is 17.5 Å². The van der Waals surface area contributed by atoms with Crippen LogP contribution >= 0.6 is 0 Å². The highest BCUT2D eigenvalue weighted by atomic mass is 32.2. The van der Waals surface area contributed by atoms with Gasteiger partial charge in [0.1, 0.15) is 5.82 Å². The summed E-state index contributed by atoms with van der Waals surface area (Å²) in [6.45, 7) is 0. The second kappa shape index (κ2) is 6.54. The summed E-state index contributed by atoms with van der Waals surface area (Å²) in [6.07, 6.45) is -3.74. The SMILES string of the molecule is O=S(=O)(Cc1ccc(F)cc1)N[C@@H]1CCC[C@@H](C(F)(F)F)C1. The van der Waals surface area contributed by atoms with Gasteiger partial charge in [-0.2, -0.15) is 13.2 Å². The van der Waals surface area contributed by atoms with E-state index in [1.165, 1.54) is 12.1 Å². The van der Waals surface area contributed by atoms with Crippen molar-refractivity contribution in [2.45, 2.75) is 43.7 Å². The molecule has 1 aromatic rings. The molecule has 0 heterocycles. The molecule has 1 fully saturated rings. The van der Waals surface area contributed by atoms with Crippen LogP contribution in [0.4, 0.5) is 17.6 Å². The van der Waals surface area contributed by atoms with E-state index in [9.17, 15) is 26.0 Å². The first-order valence-corrected chi connectivity index (χ1v) is 8.62. The van der Waals surface area contributed by atoms with Gasteiger partial charge >= 0.3 is 6.18 Å². The highest BCUT2D eigenvalue weighted by molar-refractivity contribution is 7.88. The summed E-state index contributed by atoms with van der Waals surface area (Å²) in [7, 11) is -3.76. The molecular weight excluding hydrogens is 322 g/mol. The molecule has 2 atom stereocenters. The maximum Gasteiger partial charge on any atom is 0.391 e. The van der Waals surface area contributed by atoms with Gasteiger partial charge in [-0.1, -0.05) is 18.6 Å². The molecule has 0 spiro atoms.